The van der Waals surface area contributed by atoms with Crippen LogP contribution in [0.1, 0.15) is 18.1 Å². The Kier molecular flexibility index (Phi) is 5.29. The van der Waals surface area contributed by atoms with Gasteiger partial charge in [0.05, 0.1) is 7.11 Å². The van der Waals surface area contributed by atoms with Gasteiger partial charge in [-0.05, 0) is 23.3 Å². The Balaban J connectivity index is 1.95. The number of ether oxygens (including phenoxy) is 1. The molecule has 0 aliphatic heterocycles. The number of hydrogen-bond acceptors (Lipinski definition) is 4. The second-order valence-corrected chi connectivity index (χ2v) is 4.65. The van der Waals surface area contributed by atoms with Crippen LogP contribution in [0.4, 0.5) is 5.69 Å². The summed E-state index contributed by atoms with van der Waals surface area (Å²) in [7, 11) is 1.60. The number of carbonyl (C=O) groups is 1. The molecule has 0 fully saturated rings. The molecule has 2 rings (SSSR count). The second-order valence-electron chi connectivity index (χ2n) is 4.65. The van der Waals surface area contributed by atoms with E-state index < -0.39 is 0 Å². The monoisotopic (exact) mass is 285 g/mol. The number of amides is 1. The Bertz CT molecular complexity index is 614. The number of benzene rings is 1. The predicted molar refractivity (Wildman–Crippen MR) is 82.1 cm³/mol. The van der Waals surface area contributed by atoms with Gasteiger partial charge in [0.25, 0.3) is 0 Å². The zero-order valence-electron chi connectivity index (χ0n) is 12.2. The Hall–Kier alpha value is -2.40. The first-order chi connectivity index (χ1) is 10.2. The van der Waals surface area contributed by atoms with Crippen molar-refractivity contribution >= 4 is 11.6 Å². The van der Waals surface area contributed by atoms with Crippen molar-refractivity contribution in [2.75, 3.05) is 12.4 Å². The third-order valence-electron chi connectivity index (χ3n) is 2.98. The largest absolute Gasteiger partial charge is 0.481 e. The van der Waals surface area contributed by atoms with Gasteiger partial charge in [-0.15, -0.1) is 0 Å². The van der Waals surface area contributed by atoms with E-state index in [1.807, 2.05) is 36.4 Å². The minimum atomic E-state index is -0.0682. The fraction of sp³-hybridized carbons (Fsp3) is 0.250. The van der Waals surface area contributed by atoms with E-state index in [-0.39, 0.29) is 5.91 Å². The summed E-state index contributed by atoms with van der Waals surface area (Å²) in [5.41, 5.74) is 2.98. The molecule has 0 saturated heterocycles. The number of aromatic nitrogens is 1. The highest BCUT2D eigenvalue weighted by Crippen LogP contribution is 2.15. The van der Waals surface area contributed by atoms with Crippen molar-refractivity contribution in [1.29, 1.82) is 0 Å². The van der Waals surface area contributed by atoms with Gasteiger partial charge in [-0.2, -0.15) is 0 Å². The van der Waals surface area contributed by atoms with E-state index in [1.165, 1.54) is 6.92 Å². The minimum Gasteiger partial charge on any atom is -0.481 e. The van der Waals surface area contributed by atoms with Gasteiger partial charge in [0.15, 0.2) is 0 Å². The van der Waals surface area contributed by atoms with Crippen molar-refractivity contribution in [3.8, 4) is 5.88 Å². The summed E-state index contributed by atoms with van der Waals surface area (Å²) >= 11 is 0. The van der Waals surface area contributed by atoms with E-state index in [9.17, 15) is 4.79 Å². The normalized spacial score (nSPS) is 10.2. The molecule has 110 valence electrons. The molecule has 2 N–H and O–H groups in total. The lowest BCUT2D eigenvalue weighted by atomic mass is 10.1. The SMILES string of the molecule is COc1cc(CNCc2ccccc2NC(C)=O)ccn1. The number of rotatable bonds is 6. The van der Waals surface area contributed by atoms with E-state index in [2.05, 4.69) is 15.6 Å². The fourth-order valence-electron chi connectivity index (χ4n) is 2.00. The molecular weight excluding hydrogens is 266 g/mol. The number of para-hydroxylation sites is 1. The van der Waals surface area contributed by atoms with E-state index in [1.54, 1.807) is 13.3 Å². The maximum absolute atomic E-state index is 11.2. The second kappa shape index (κ2) is 7.40. The van der Waals surface area contributed by atoms with Crippen LogP contribution in [-0.2, 0) is 17.9 Å². The summed E-state index contributed by atoms with van der Waals surface area (Å²) in [6, 6.07) is 11.6. The Morgan fingerprint density at radius 3 is 2.81 bits per heavy atom. The molecule has 0 aliphatic rings. The predicted octanol–water partition coefficient (Wildman–Crippen LogP) is 2.34. The molecule has 1 heterocycles. The van der Waals surface area contributed by atoms with Gasteiger partial charge in [-0.3, -0.25) is 4.79 Å². The van der Waals surface area contributed by atoms with Gasteiger partial charge in [0.1, 0.15) is 0 Å². The van der Waals surface area contributed by atoms with Gasteiger partial charge in [0, 0.05) is 38.0 Å². The minimum absolute atomic E-state index is 0.0682. The molecule has 2 aromatic rings. The molecule has 0 bridgehead atoms. The van der Waals surface area contributed by atoms with Crippen LogP contribution < -0.4 is 15.4 Å². The Labute approximate surface area is 124 Å². The molecule has 0 saturated carbocycles. The smallest absolute Gasteiger partial charge is 0.221 e. The van der Waals surface area contributed by atoms with Crippen LogP contribution in [0.2, 0.25) is 0 Å². The van der Waals surface area contributed by atoms with Crippen molar-refractivity contribution in [2.24, 2.45) is 0 Å². The number of anilines is 1. The zero-order chi connectivity index (χ0) is 15.1. The summed E-state index contributed by atoms with van der Waals surface area (Å²) in [6.45, 7) is 2.88. The number of methoxy groups -OCH3 is 1. The van der Waals surface area contributed by atoms with Gasteiger partial charge < -0.3 is 15.4 Å². The van der Waals surface area contributed by atoms with Gasteiger partial charge in [-0.25, -0.2) is 4.98 Å². The van der Waals surface area contributed by atoms with Gasteiger partial charge in [0.2, 0.25) is 11.8 Å². The molecule has 0 atom stereocenters. The van der Waals surface area contributed by atoms with Crippen molar-refractivity contribution < 1.29 is 9.53 Å². The topological polar surface area (TPSA) is 63.2 Å². The van der Waals surface area contributed by atoms with Crippen LogP contribution in [0, 0.1) is 0 Å². The number of nitrogens with one attached hydrogen (secondary N) is 2. The molecule has 5 nitrogen and oxygen atoms in total. The van der Waals surface area contributed by atoms with Crippen molar-refractivity contribution in [3.05, 3.63) is 53.7 Å². The molecule has 1 aromatic heterocycles. The molecule has 0 unspecified atom stereocenters. The molecule has 1 aromatic carbocycles. The molecule has 0 aliphatic carbocycles. The lowest BCUT2D eigenvalue weighted by Gasteiger charge is -2.11. The van der Waals surface area contributed by atoms with Gasteiger partial charge >= 0.3 is 0 Å². The van der Waals surface area contributed by atoms with E-state index in [0.29, 0.717) is 19.0 Å². The van der Waals surface area contributed by atoms with Crippen molar-refractivity contribution in [3.63, 3.8) is 0 Å². The van der Waals surface area contributed by atoms with E-state index in [4.69, 9.17) is 4.74 Å². The van der Waals surface area contributed by atoms with Crippen LogP contribution in [0.15, 0.2) is 42.6 Å². The summed E-state index contributed by atoms with van der Waals surface area (Å²) < 4.78 is 5.10. The zero-order valence-corrected chi connectivity index (χ0v) is 12.2. The average molecular weight is 285 g/mol. The summed E-state index contributed by atoms with van der Waals surface area (Å²) in [6.07, 6.45) is 1.72. The molecule has 0 spiro atoms. The van der Waals surface area contributed by atoms with Crippen LogP contribution in [0.25, 0.3) is 0 Å². The fourth-order valence-corrected chi connectivity index (χ4v) is 2.00. The van der Waals surface area contributed by atoms with Crippen LogP contribution in [-0.4, -0.2) is 18.0 Å². The highest BCUT2D eigenvalue weighted by atomic mass is 16.5. The Morgan fingerprint density at radius 2 is 2.05 bits per heavy atom. The third-order valence-corrected chi connectivity index (χ3v) is 2.98. The number of nitrogens with zero attached hydrogens (tertiary/aromatic N) is 1. The molecule has 5 heteroatoms. The maximum atomic E-state index is 11.2. The van der Waals surface area contributed by atoms with Crippen LogP contribution in [0.5, 0.6) is 5.88 Å². The standard InChI is InChI=1S/C16H19N3O2/c1-12(20)19-15-6-4-3-5-14(15)11-17-10-13-7-8-18-16(9-13)21-2/h3-9,17H,10-11H2,1-2H3,(H,19,20). The Morgan fingerprint density at radius 1 is 1.24 bits per heavy atom. The highest BCUT2D eigenvalue weighted by molar-refractivity contribution is 5.89. The van der Waals surface area contributed by atoms with Crippen LogP contribution >= 0.6 is 0 Å². The molecular formula is C16H19N3O2. The van der Waals surface area contributed by atoms with Gasteiger partial charge in [-0.1, -0.05) is 18.2 Å². The van der Waals surface area contributed by atoms with Crippen LogP contribution in [0.3, 0.4) is 0 Å². The van der Waals surface area contributed by atoms with Crippen molar-refractivity contribution in [2.45, 2.75) is 20.0 Å². The molecule has 21 heavy (non-hydrogen) atoms. The maximum Gasteiger partial charge on any atom is 0.221 e. The first kappa shape index (κ1) is 15.0. The first-order valence-electron chi connectivity index (χ1n) is 6.74. The molecule has 0 radical (unpaired) electrons. The number of pyridine rings is 1. The quantitative estimate of drug-likeness (QED) is 0.855. The third kappa shape index (κ3) is 4.57. The number of carbonyl (C=O) groups excluding carboxylic acids is 1. The molecule has 1 amide bonds. The highest BCUT2D eigenvalue weighted by Gasteiger charge is 2.03. The lowest BCUT2D eigenvalue weighted by molar-refractivity contribution is -0.114. The summed E-state index contributed by atoms with van der Waals surface area (Å²) in [5, 5.41) is 6.18. The summed E-state index contributed by atoms with van der Waals surface area (Å²) in [4.78, 5) is 15.3. The lowest BCUT2D eigenvalue weighted by Crippen LogP contribution is -2.15. The number of hydrogen-bond donors (Lipinski definition) is 2. The average Bonchev–Trinajstić information content (AvgIpc) is 2.49. The van der Waals surface area contributed by atoms with E-state index in [0.717, 1.165) is 16.8 Å². The first-order valence-corrected chi connectivity index (χ1v) is 6.74. The van der Waals surface area contributed by atoms with E-state index >= 15 is 0 Å². The van der Waals surface area contributed by atoms with Crippen molar-refractivity contribution in [1.82, 2.24) is 10.3 Å². The summed E-state index contributed by atoms with van der Waals surface area (Å²) in [5.74, 6) is 0.536.